The Morgan fingerprint density at radius 3 is 2.12 bits per heavy atom. The summed E-state index contributed by atoms with van der Waals surface area (Å²) in [6, 6.07) is 0. The van der Waals surface area contributed by atoms with Crippen LogP contribution >= 0.6 is 0 Å². The van der Waals surface area contributed by atoms with Crippen LogP contribution in [-0.2, 0) is 0 Å². The fraction of sp³-hybridized carbons (Fsp3) is 0.217. The van der Waals surface area contributed by atoms with Gasteiger partial charge in [-0.3, -0.25) is 0 Å². The molecule has 128 valence electrons. The Bertz CT molecular complexity index is 762. The first-order valence-electron chi connectivity index (χ1n) is 8.40. The highest BCUT2D eigenvalue weighted by Crippen LogP contribution is 2.13. The molecule has 1 heteroatoms. The smallest absolute Gasteiger partial charge is 0.0497 e. The van der Waals surface area contributed by atoms with Crippen LogP contribution in [0.1, 0.15) is 39.0 Å². The average molecular weight is 322 g/mol. The van der Waals surface area contributed by atoms with Gasteiger partial charge in [-0.2, -0.15) is 0 Å². The minimum Gasteiger partial charge on any atom is -0.311 e. The van der Waals surface area contributed by atoms with Gasteiger partial charge in [0, 0.05) is 22.0 Å². The molecule has 0 fully saturated rings. The van der Waals surface area contributed by atoms with Crippen molar-refractivity contribution in [1.82, 2.24) is 4.57 Å². The van der Waals surface area contributed by atoms with Crippen LogP contribution in [0.3, 0.4) is 0 Å². The molecule has 0 amide bonds. The molecule has 1 aromatic heterocycles. The molecule has 1 rings (SSSR count). The number of nitrogens with zero attached hydrogens (tertiary/aromatic N) is 1. The van der Waals surface area contributed by atoms with Crippen LogP contribution < -0.4 is 10.6 Å². The van der Waals surface area contributed by atoms with Crippen LogP contribution in [-0.4, -0.2) is 4.57 Å². The second-order valence-corrected chi connectivity index (χ2v) is 4.80. The molecule has 0 saturated carbocycles. The van der Waals surface area contributed by atoms with Crippen molar-refractivity contribution in [3.8, 4) is 0 Å². The molecule has 0 N–H and O–H groups in total. The van der Waals surface area contributed by atoms with Gasteiger partial charge < -0.3 is 4.57 Å². The van der Waals surface area contributed by atoms with E-state index in [0.29, 0.717) is 0 Å². The van der Waals surface area contributed by atoms with E-state index in [1.54, 1.807) is 12.2 Å². The van der Waals surface area contributed by atoms with Gasteiger partial charge in [-0.05, 0) is 38.5 Å². The number of hydrogen-bond donors (Lipinski definition) is 0. The molecule has 0 radical (unpaired) electrons. The maximum absolute atomic E-state index is 4.28. The first-order chi connectivity index (χ1) is 11.6. The number of aromatic nitrogens is 1. The maximum Gasteiger partial charge on any atom is 0.0497 e. The first-order valence-corrected chi connectivity index (χ1v) is 8.40. The standard InChI is InChI=1S/C21H25N.C2H6/c1-7-11-14-19(10-4)22-18(6)20(15-12-8-2)17(5)21(22)16-13-9-3;1-2/h7-16H,1,3,6H2,2,4-5H3;1-2H3/b12-8-,14-11-,16-13-,19-10+,20-15-;. The monoisotopic (exact) mass is 321 g/mol. The zero-order valence-electron chi connectivity index (χ0n) is 15.8. The second-order valence-electron chi connectivity index (χ2n) is 4.80. The van der Waals surface area contributed by atoms with E-state index < -0.39 is 0 Å². The van der Waals surface area contributed by atoms with Crippen molar-refractivity contribution in [3.63, 3.8) is 0 Å². The van der Waals surface area contributed by atoms with E-state index in [1.807, 2.05) is 58.1 Å². The lowest BCUT2D eigenvalue weighted by Gasteiger charge is -2.08. The van der Waals surface area contributed by atoms with Crippen molar-refractivity contribution in [2.75, 3.05) is 0 Å². The van der Waals surface area contributed by atoms with Gasteiger partial charge in [0.2, 0.25) is 0 Å². The van der Waals surface area contributed by atoms with E-state index in [4.69, 9.17) is 0 Å². The molecule has 0 bridgehead atoms. The predicted molar refractivity (Wildman–Crippen MR) is 113 cm³/mol. The average Bonchev–Trinajstić information content (AvgIpc) is 2.84. The molecule has 1 nitrogen and oxygen atoms in total. The van der Waals surface area contributed by atoms with Crippen molar-refractivity contribution in [3.05, 3.63) is 83.6 Å². The van der Waals surface area contributed by atoms with Gasteiger partial charge in [-0.1, -0.05) is 82.2 Å². The summed E-state index contributed by atoms with van der Waals surface area (Å²) in [7, 11) is 0. The summed E-state index contributed by atoms with van der Waals surface area (Å²) in [5, 5.41) is 2.12. The molecule has 0 aromatic carbocycles. The summed E-state index contributed by atoms with van der Waals surface area (Å²) in [5.41, 5.74) is 3.38. The van der Waals surface area contributed by atoms with Crippen LogP contribution in [0.4, 0.5) is 0 Å². The number of allylic oxidation sites excluding steroid dienone is 9. The van der Waals surface area contributed by atoms with Crippen LogP contribution in [0, 0.1) is 6.92 Å². The van der Waals surface area contributed by atoms with Crippen LogP contribution in [0.25, 0.3) is 24.4 Å². The minimum atomic E-state index is 0.973. The largest absolute Gasteiger partial charge is 0.311 e. The van der Waals surface area contributed by atoms with E-state index in [1.165, 1.54) is 5.56 Å². The van der Waals surface area contributed by atoms with E-state index >= 15 is 0 Å². The quantitative estimate of drug-likeness (QED) is 0.619. The molecule has 1 heterocycles. The Kier molecular flexibility index (Phi) is 10.7. The van der Waals surface area contributed by atoms with Crippen LogP contribution in [0.15, 0.2) is 61.8 Å². The molecule has 0 spiro atoms. The Morgan fingerprint density at radius 2 is 1.62 bits per heavy atom. The highest BCUT2D eigenvalue weighted by atomic mass is 15.0. The summed E-state index contributed by atoms with van der Waals surface area (Å²) in [4.78, 5) is 0. The molecule has 0 aliphatic rings. The van der Waals surface area contributed by atoms with Crippen molar-refractivity contribution in [2.24, 2.45) is 0 Å². The fourth-order valence-electron chi connectivity index (χ4n) is 2.32. The highest BCUT2D eigenvalue weighted by Gasteiger charge is 2.09. The zero-order valence-corrected chi connectivity index (χ0v) is 15.8. The van der Waals surface area contributed by atoms with Gasteiger partial charge in [-0.25, -0.2) is 0 Å². The minimum absolute atomic E-state index is 0.973. The summed E-state index contributed by atoms with van der Waals surface area (Å²) in [6.07, 6.45) is 19.8. The highest BCUT2D eigenvalue weighted by molar-refractivity contribution is 5.66. The van der Waals surface area contributed by atoms with Gasteiger partial charge >= 0.3 is 0 Å². The van der Waals surface area contributed by atoms with E-state index in [0.717, 1.165) is 22.0 Å². The fourth-order valence-corrected chi connectivity index (χ4v) is 2.32. The topological polar surface area (TPSA) is 4.93 Å². The molecular weight excluding hydrogens is 290 g/mol. The Balaban J connectivity index is 0.00000254. The Labute approximate surface area is 147 Å². The third-order valence-corrected chi connectivity index (χ3v) is 3.41. The molecule has 0 atom stereocenters. The lowest BCUT2D eigenvalue weighted by Crippen LogP contribution is -2.27. The molecule has 0 saturated heterocycles. The van der Waals surface area contributed by atoms with Crippen LogP contribution in [0.5, 0.6) is 0 Å². The summed E-state index contributed by atoms with van der Waals surface area (Å²) in [6.45, 7) is 21.9. The lowest BCUT2D eigenvalue weighted by atomic mass is 10.2. The first kappa shape index (κ1) is 21.5. The molecule has 1 aromatic rings. The summed E-state index contributed by atoms with van der Waals surface area (Å²) < 4.78 is 2.16. The normalized spacial score (nSPS) is 12.9. The maximum atomic E-state index is 4.28. The Hall–Kier alpha value is -2.54. The van der Waals surface area contributed by atoms with Gasteiger partial charge in [0.05, 0.1) is 0 Å². The van der Waals surface area contributed by atoms with Crippen molar-refractivity contribution >= 4 is 24.4 Å². The van der Waals surface area contributed by atoms with Gasteiger partial charge in [0.15, 0.2) is 0 Å². The molecule has 0 unspecified atom stereocenters. The molecular formula is C23H31N. The number of hydrogen-bond acceptors (Lipinski definition) is 0. The van der Waals surface area contributed by atoms with Crippen molar-refractivity contribution in [1.29, 1.82) is 0 Å². The Morgan fingerprint density at radius 1 is 1.00 bits per heavy atom. The third kappa shape index (κ3) is 5.27. The second kappa shape index (κ2) is 12.0. The van der Waals surface area contributed by atoms with Crippen molar-refractivity contribution in [2.45, 2.75) is 34.6 Å². The molecule has 0 aliphatic heterocycles. The van der Waals surface area contributed by atoms with Crippen LogP contribution in [0.2, 0.25) is 0 Å². The summed E-state index contributed by atoms with van der Waals surface area (Å²) >= 11 is 0. The van der Waals surface area contributed by atoms with Crippen molar-refractivity contribution < 1.29 is 0 Å². The third-order valence-electron chi connectivity index (χ3n) is 3.41. The lowest BCUT2D eigenvalue weighted by molar-refractivity contribution is 1.05. The van der Waals surface area contributed by atoms with E-state index in [9.17, 15) is 0 Å². The van der Waals surface area contributed by atoms with E-state index in [-0.39, 0.29) is 0 Å². The SMILES string of the molecule is C=C/C=C\C(=C/C)n1c(/C=C\C=C)c(C)/c(=C/C=C\C)c1=C.CC. The summed E-state index contributed by atoms with van der Waals surface area (Å²) in [5.74, 6) is 0. The van der Waals surface area contributed by atoms with Gasteiger partial charge in [-0.15, -0.1) is 0 Å². The van der Waals surface area contributed by atoms with Gasteiger partial charge in [0.25, 0.3) is 0 Å². The molecule has 0 aliphatic carbocycles. The predicted octanol–water partition coefficient (Wildman–Crippen LogP) is 5.39. The molecule has 24 heavy (non-hydrogen) atoms. The van der Waals surface area contributed by atoms with Gasteiger partial charge in [0.1, 0.15) is 0 Å². The van der Waals surface area contributed by atoms with E-state index in [2.05, 4.69) is 49.5 Å². The number of rotatable bonds is 6. The zero-order chi connectivity index (χ0) is 18.5.